The summed E-state index contributed by atoms with van der Waals surface area (Å²) in [5.74, 6) is -0.397. The van der Waals surface area contributed by atoms with Crippen LogP contribution in [0.2, 0.25) is 0 Å². The van der Waals surface area contributed by atoms with Crippen molar-refractivity contribution in [2.75, 3.05) is 19.6 Å². The number of aromatic nitrogens is 4. The van der Waals surface area contributed by atoms with Crippen LogP contribution in [0.1, 0.15) is 33.9 Å². The number of amides is 2. The lowest BCUT2D eigenvalue weighted by Gasteiger charge is -2.30. The first-order chi connectivity index (χ1) is 14.0. The van der Waals surface area contributed by atoms with Crippen LogP contribution in [0.25, 0.3) is 5.52 Å². The molecule has 1 aliphatic rings. The van der Waals surface area contributed by atoms with Crippen molar-refractivity contribution in [3.8, 4) is 0 Å². The van der Waals surface area contributed by atoms with E-state index in [1.54, 1.807) is 29.4 Å². The molecule has 0 aliphatic carbocycles. The van der Waals surface area contributed by atoms with Gasteiger partial charge in [-0.25, -0.2) is 4.52 Å². The number of likely N-dealkylation sites (tertiary alicyclic amines) is 1. The van der Waals surface area contributed by atoms with Gasteiger partial charge >= 0.3 is 0 Å². The largest absolute Gasteiger partial charge is 0.355 e. The Morgan fingerprint density at radius 1 is 1.34 bits per heavy atom. The molecule has 0 saturated carbocycles. The quantitative estimate of drug-likeness (QED) is 0.647. The van der Waals surface area contributed by atoms with Crippen LogP contribution < -0.4 is 10.9 Å². The summed E-state index contributed by atoms with van der Waals surface area (Å²) in [6.07, 6.45) is 3.62. The Hall–Kier alpha value is -3.01. The van der Waals surface area contributed by atoms with Gasteiger partial charge in [-0.15, -0.1) is 16.4 Å². The van der Waals surface area contributed by atoms with Crippen LogP contribution in [0.4, 0.5) is 0 Å². The minimum Gasteiger partial charge on any atom is -0.355 e. The molecule has 3 aromatic rings. The molecule has 0 aromatic carbocycles. The van der Waals surface area contributed by atoms with Crippen molar-refractivity contribution in [2.45, 2.75) is 26.2 Å². The van der Waals surface area contributed by atoms with Crippen LogP contribution in [0.15, 0.2) is 28.5 Å². The molecule has 0 spiro atoms. The zero-order valence-electron chi connectivity index (χ0n) is 16.1. The summed E-state index contributed by atoms with van der Waals surface area (Å²) in [7, 11) is 0. The lowest BCUT2D eigenvalue weighted by atomic mass is 9.95. The number of nitrogens with one attached hydrogen (secondary N) is 2. The van der Waals surface area contributed by atoms with Crippen LogP contribution in [0.3, 0.4) is 0 Å². The van der Waals surface area contributed by atoms with E-state index in [0.29, 0.717) is 38.2 Å². The van der Waals surface area contributed by atoms with Crippen LogP contribution in [0, 0.1) is 12.8 Å². The van der Waals surface area contributed by atoms with Gasteiger partial charge in [0.15, 0.2) is 11.2 Å². The van der Waals surface area contributed by atoms with Gasteiger partial charge in [-0.2, -0.15) is 0 Å². The first-order valence-corrected chi connectivity index (χ1v) is 10.4. The number of nitrogens with zero attached hydrogens (tertiary/aromatic N) is 4. The van der Waals surface area contributed by atoms with Gasteiger partial charge < -0.3 is 15.2 Å². The highest BCUT2D eigenvalue weighted by atomic mass is 32.1. The van der Waals surface area contributed by atoms with Gasteiger partial charge in [0.2, 0.25) is 5.91 Å². The molecule has 0 atom stereocenters. The van der Waals surface area contributed by atoms with Gasteiger partial charge in [0, 0.05) is 36.1 Å². The molecule has 29 heavy (non-hydrogen) atoms. The van der Waals surface area contributed by atoms with Crippen molar-refractivity contribution in [3.05, 3.63) is 50.3 Å². The summed E-state index contributed by atoms with van der Waals surface area (Å²) in [6, 6.07) is 4.06. The molecule has 2 amide bonds. The van der Waals surface area contributed by atoms with Crippen molar-refractivity contribution in [2.24, 2.45) is 5.92 Å². The minimum atomic E-state index is -0.390. The molecule has 0 bridgehead atoms. The number of carbonyl (C=O) groups excluding carboxylic acids is 2. The second kappa shape index (κ2) is 8.16. The molecule has 3 aromatic heterocycles. The Balaban J connectivity index is 1.34. The fourth-order valence-corrected chi connectivity index (χ4v) is 4.31. The highest BCUT2D eigenvalue weighted by molar-refractivity contribution is 7.09. The highest BCUT2D eigenvalue weighted by Gasteiger charge is 2.30. The maximum Gasteiger partial charge on any atom is 0.276 e. The maximum atomic E-state index is 12.8. The Morgan fingerprint density at radius 3 is 2.86 bits per heavy atom. The van der Waals surface area contributed by atoms with Crippen LogP contribution >= 0.6 is 11.3 Å². The Morgan fingerprint density at radius 2 is 2.14 bits per heavy atom. The molecule has 0 unspecified atom stereocenters. The second-order valence-corrected chi connectivity index (χ2v) is 8.22. The number of thiophene rings is 1. The zero-order chi connectivity index (χ0) is 20.4. The number of hydrogen-bond donors (Lipinski definition) is 2. The van der Waals surface area contributed by atoms with Crippen LogP contribution in [-0.4, -0.2) is 56.2 Å². The van der Waals surface area contributed by atoms with Crippen molar-refractivity contribution < 1.29 is 9.59 Å². The third-order valence-electron chi connectivity index (χ3n) is 5.14. The number of H-pyrrole nitrogens is 1. The van der Waals surface area contributed by atoms with E-state index in [9.17, 15) is 14.4 Å². The van der Waals surface area contributed by atoms with Crippen LogP contribution in [-0.2, 0) is 11.2 Å². The van der Waals surface area contributed by atoms with Crippen molar-refractivity contribution in [1.29, 1.82) is 0 Å². The van der Waals surface area contributed by atoms with Crippen molar-refractivity contribution >= 4 is 28.7 Å². The van der Waals surface area contributed by atoms with Crippen LogP contribution in [0.5, 0.6) is 0 Å². The highest BCUT2D eigenvalue weighted by Crippen LogP contribution is 2.20. The number of piperidine rings is 1. The predicted octanol–water partition coefficient (Wildman–Crippen LogP) is 0.999. The Bertz CT molecular complexity index is 1080. The van der Waals surface area contributed by atoms with Gasteiger partial charge in [-0.3, -0.25) is 14.4 Å². The summed E-state index contributed by atoms with van der Waals surface area (Å²) in [5, 5.41) is 12.8. The first-order valence-electron chi connectivity index (χ1n) is 9.57. The monoisotopic (exact) mass is 414 g/mol. The first kappa shape index (κ1) is 19.3. The lowest BCUT2D eigenvalue weighted by Crippen LogP contribution is -2.43. The summed E-state index contributed by atoms with van der Waals surface area (Å²) in [4.78, 5) is 43.0. The average molecular weight is 414 g/mol. The summed E-state index contributed by atoms with van der Waals surface area (Å²) < 4.78 is 1.33. The molecule has 1 aliphatic heterocycles. The topological polar surface area (TPSA) is 112 Å². The normalized spacial score (nSPS) is 15.0. The van der Waals surface area contributed by atoms with Crippen molar-refractivity contribution in [1.82, 2.24) is 30.0 Å². The molecule has 9 nitrogen and oxygen atoms in total. The standard InChI is InChI=1S/C19H22N6O3S/c1-12-11-25-16(18(27)21-12)15(22-23-25)19(28)24-8-5-13(6-9-24)17(26)20-7-4-14-3-2-10-29-14/h2-3,10-11,13H,4-9H2,1H3,(H,20,26)(H,21,27). The van der Waals surface area contributed by atoms with E-state index in [-0.39, 0.29) is 28.9 Å². The van der Waals surface area contributed by atoms with Gasteiger partial charge in [0.1, 0.15) is 0 Å². The van der Waals surface area contributed by atoms with Crippen molar-refractivity contribution in [3.63, 3.8) is 0 Å². The number of aromatic amines is 1. The molecule has 2 N–H and O–H groups in total. The van der Waals surface area contributed by atoms with E-state index >= 15 is 0 Å². The molecule has 10 heteroatoms. The Kier molecular flexibility index (Phi) is 5.43. The summed E-state index contributed by atoms with van der Waals surface area (Å²) in [5.41, 5.74) is 0.440. The molecule has 1 fully saturated rings. The molecule has 0 radical (unpaired) electrons. The van der Waals surface area contributed by atoms with E-state index in [2.05, 4.69) is 26.7 Å². The predicted molar refractivity (Wildman–Crippen MR) is 108 cm³/mol. The van der Waals surface area contributed by atoms with E-state index < -0.39 is 5.56 Å². The summed E-state index contributed by atoms with van der Waals surface area (Å²) in [6.45, 7) is 3.25. The molecule has 4 heterocycles. The SMILES string of the molecule is Cc1cn2nnc(C(=O)N3CCC(C(=O)NCCc4cccs4)CC3)c2c(=O)[nH]1. The summed E-state index contributed by atoms with van der Waals surface area (Å²) >= 11 is 1.68. The molecular formula is C19H22N6O3S. The number of rotatable bonds is 5. The second-order valence-electron chi connectivity index (χ2n) is 7.18. The van der Waals surface area contributed by atoms with E-state index in [1.807, 2.05) is 11.4 Å². The van der Waals surface area contributed by atoms with E-state index in [0.717, 1.165) is 6.42 Å². The molecule has 1 saturated heterocycles. The number of hydrogen-bond acceptors (Lipinski definition) is 6. The zero-order valence-corrected chi connectivity index (χ0v) is 16.9. The number of fused-ring (bicyclic) bond motifs is 1. The molecule has 4 rings (SSSR count). The average Bonchev–Trinajstić information content (AvgIpc) is 3.37. The van der Waals surface area contributed by atoms with Gasteiger partial charge in [0.05, 0.1) is 6.20 Å². The lowest BCUT2D eigenvalue weighted by molar-refractivity contribution is -0.126. The smallest absolute Gasteiger partial charge is 0.276 e. The van der Waals surface area contributed by atoms with E-state index in [4.69, 9.17) is 0 Å². The van der Waals surface area contributed by atoms with E-state index in [1.165, 1.54) is 9.39 Å². The fraction of sp³-hybridized carbons (Fsp3) is 0.421. The van der Waals surface area contributed by atoms with Gasteiger partial charge in [0.25, 0.3) is 11.5 Å². The molecular weight excluding hydrogens is 392 g/mol. The Labute approximate surface area is 170 Å². The number of carbonyl (C=O) groups is 2. The molecule has 152 valence electrons. The van der Waals surface area contributed by atoms with Gasteiger partial charge in [-0.1, -0.05) is 11.3 Å². The third-order valence-corrected chi connectivity index (χ3v) is 6.08. The maximum absolute atomic E-state index is 12.8. The third kappa shape index (κ3) is 4.07. The number of aryl methyl sites for hydroxylation is 1. The fourth-order valence-electron chi connectivity index (χ4n) is 3.60. The van der Waals surface area contributed by atoms with Gasteiger partial charge in [-0.05, 0) is 37.6 Å². The minimum absolute atomic E-state index is 0.0367.